The molecule has 384 valence electrons. The molecule has 10 heteroatoms. The van der Waals surface area contributed by atoms with E-state index in [0.717, 1.165) is 76.4 Å². The maximum Gasteiger partial charge on any atom is 0.245 e. The summed E-state index contributed by atoms with van der Waals surface area (Å²) in [6.07, 6.45) is 9.58. The van der Waals surface area contributed by atoms with Gasteiger partial charge >= 0.3 is 0 Å². The molecule has 2 amide bonds. The number of hydrogen-bond acceptors (Lipinski definition) is 8. The Balaban J connectivity index is 0.00000101. The van der Waals surface area contributed by atoms with Crippen molar-refractivity contribution in [2.24, 2.45) is 16.7 Å². The molecule has 10 nitrogen and oxygen atoms in total. The fourth-order valence-corrected chi connectivity index (χ4v) is 7.79. The summed E-state index contributed by atoms with van der Waals surface area (Å²) in [5.74, 6) is 7.17. The number of unbranched alkanes of at least 4 members (excludes halogenated alkanes) is 1. The Morgan fingerprint density at radius 3 is 1.87 bits per heavy atom. The fraction of sp³-hybridized carbons (Fsp3) is 0.638. The van der Waals surface area contributed by atoms with E-state index in [2.05, 4.69) is 152 Å². The van der Waals surface area contributed by atoms with Crippen molar-refractivity contribution >= 4 is 17.6 Å². The van der Waals surface area contributed by atoms with Crippen LogP contribution in [-0.4, -0.2) is 111 Å². The summed E-state index contributed by atoms with van der Waals surface area (Å²) in [4.78, 5) is 42.4. The number of nitrogens with one attached hydrogen (secondary N) is 5. The van der Waals surface area contributed by atoms with Gasteiger partial charge < -0.3 is 31.5 Å². The molecule has 3 rings (SSSR count). The Bertz CT molecular complexity index is 1730. The second kappa shape index (κ2) is 35.8. The summed E-state index contributed by atoms with van der Waals surface area (Å²) in [7, 11) is 3.63. The Morgan fingerprint density at radius 2 is 1.37 bits per heavy atom. The molecule has 68 heavy (non-hydrogen) atoms. The first-order valence-corrected chi connectivity index (χ1v) is 25.6. The number of amides is 2. The van der Waals surface area contributed by atoms with Gasteiger partial charge in [-0.25, -0.2) is 0 Å². The van der Waals surface area contributed by atoms with Crippen molar-refractivity contribution in [2.75, 3.05) is 53.4 Å². The number of carbonyl (C=O) groups excluding carboxylic acids is 3. The van der Waals surface area contributed by atoms with Crippen LogP contribution in [0.4, 0.5) is 0 Å². The quantitative estimate of drug-likeness (QED) is 0.0380. The minimum absolute atomic E-state index is 0.0292. The molecular formula is C58H99N7O3. The van der Waals surface area contributed by atoms with Crippen molar-refractivity contribution in [3.63, 3.8) is 0 Å². The summed E-state index contributed by atoms with van der Waals surface area (Å²) in [5.41, 5.74) is 3.16. The molecule has 2 aromatic carbocycles. The Morgan fingerprint density at radius 1 is 0.809 bits per heavy atom. The molecule has 0 saturated carbocycles. The van der Waals surface area contributed by atoms with Crippen LogP contribution in [0.25, 0.3) is 0 Å². The predicted molar refractivity (Wildman–Crippen MR) is 292 cm³/mol. The van der Waals surface area contributed by atoms with Gasteiger partial charge in [-0.3, -0.25) is 19.3 Å². The number of nitrogens with zero attached hydrogens (tertiary/aromatic N) is 2. The summed E-state index contributed by atoms with van der Waals surface area (Å²) in [6, 6.07) is 20.5. The van der Waals surface area contributed by atoms with Crippen LogP contribution in [0.3, 0.4) is 0 Å². The van der Waals surface area contributed by atoms with Gasteiger partial charge in [0.2, 0.25) is 11.8 Å². The largest absolute Gasteiger partial charge is 0.377 e. The molecule has 1 heterocycles. The topological polar surface area (TPSA) is 118 Å². The number of hydrogen-bond donors (Lipinski definition) is 5. The van der Waals surface area contributed by atoms with E-state index in [1.165, 1.54) is 36.9 Å². The minimum atomic E-state index is -0.532. The van der Waals surface area contributed by atoms with E-state index in [1.807, 2.05) is 59.6 Å². The van der Waals surface area contributed by atoms with E-state index < -0.39 is 6.04 Å². The minimum Gasteiger partial charge on any atom is -0.377 e. The molecule has 1 aliphatic heterocycles. The lowest BCUT2D eigenvalue weighted by molar-refractivity contribution is -0.140. The van der Waals surface area contributed by atoms with Crippen LogP contribution in [0.2, 0.25) is 0 Å². The molecule has 5 N–H and O–H groups in total. The van der Waals surface area contributed by atoms with Crippen molar-refractivity contribution in [1.82, 2.24) is 36.4 Å². The molecule has 0 bridgehead atoms. The number of likely N-dealkylation sites (N-methyl/N-ethyl adjacent to an activating group) is 2. The van der Waals surface area contributed by atoms with Crippen LogP contribution in [0.15, 0.2) is 86.1 Å². The van der Waals surface area contributed by atoms with Crippen LogP contribution in [0.1, 0.15) is 139 Å². The molecular weight excluding hydrogens is 843 g/mol. The van der Waals surface area contributed by atoms with Gasteiger partial charge in [0.15, 0.2) is 5.78 Å². The van der Waals surface area contributed by atoms with Crippen molar-refractivity contribution < 1.29 is 14.4 Å². The van der Waals surface area contributed by atoms with Gasteiger partial charge in [-0.05, 0) is 108 Å². The monoisotopic (exact) mass is 942 g/mol. The molecule has 1 saturated heterocycles. The van der Waals surface area contributed by atoms with Crippen LogP contribution < -0.4 is 26.6 Å². The van der Waals surface area contributed by atoms with E-state index in [0.29, 0.717) is 6.42 Å². The van der Waals surface area contributed by atoms with Gasteiger partial charge in [-0.2, -0.15) is 0 Å². The lowest BCUT2D eigenvalue weighted by Crippen LogP contribution is -2.58. The Labute approximate surface area is 417 Å². The molecule has 2 aromatic rings. The molecule has 6 unspecified atom stereocenters. The number of ketones is 1. The van der Waals surface area contributed by atoms with Crippen LogP contribution in [-0.2, 0) is 27.2 Å². The third-order valence-electron chi connectivity index (χ3n) is 12.3. The van der Waals surface area contributed by atoms with Crippen molar-refractivity contribution in [3.05, 3.63) is 97.2 Å². The van der Waals surface area contributed by atoms with E-state index in [-0.39, 0.29) is 52.6 Å². The highest BCUT2D eigenvalue weighted by atomic mass is 16.2. The standard InChI is InChI=1S/C23H38N4O2.C19H29N.C14H28N2O.C2H4/c1-17(24-5)21(28)26-20(23(2,3)4)22(29)27-15-9-12-19(27)16-25-14-13-18-10-7-6-8-11-18;1-4-6-11-18(3)17-20(15-7-5-2)16-14-19-12-9-8-10-13-19;1-8-9-12(17)13(14(4,5)6)16-11(3)10(2)15-7;1-2/h6-8,10-11,17,19-20,24-25H,9,12-16H2,1-5H3,(H,26,28);8-10,12-13,18H,4,6,11,14-17H2,1-3H3;10,13,15-16H,3,8-9H2,1-2,4-7H3;1-2H2. The van der Waals surface area contributed by atoms with Gasteiger partial charge in [0.05, 0.1) is 18.6 Å². The number of rotatable bonds is 25. The highest BCUT2D eigenvalue weighted by Gasteiger charge is 2.40. The first-order valence-electron chi connectivity index (χ1n) is 25.6. The molecule has 0 aromatic heterocycles. The summed E-state index contributed by atoms with van der Waals surface area (Å²) < 4.78 is 0. The molecule has 0 spiro atoms. The molecule has 0 aliphatic carbocycles. The number of carbonyl (C=O) groups is 3. The molecule has 6 atom stereocenters. The SMILES string of the molecule is C=C.C=C(NC(C(=O)CCC)C(C)(C)C)C(C)NC.CC#CCN(CCc1ccccc1)CC(C)CCCC.CNC(C)C(=O)NC(C(=O)N1CCCC1CNCCc1ccccc1)C(C)(C)C. The number of likely N-dealkylation sites (tertiary alicyclic amines) is 1. The van der Waals surface area contributed by atoms with E-state index in [1.54, 1.807) is 14.0 Å². The fourth-order valence-electron chi connectivity index (χ4n) is 7.79. The Hall–Kier alpha value is -4.27. The highest BCUT2D eigenvalue weighted by Crippen LogP contribution is 2.26. The maximum atomic E-state index is 13.4. The average Bonchev–Trinajstić information content (AvgIpc) is 3.80. The van der Waals surface area contributed by atoms with Gasteiger partial charge in [0.25, 0.3) is 0 Å². The van der Waals surface area contributed by atoms with Gasteiger partial charge in [-0.1, -0.05) is 148 Å². The molecule has 0 radical (unpaired) electrons. The molecule has 1 fully saturated rings. The summed E-state index contributed by atoms with van der Waals surface area (Å²) in [5, 5.41) is 15.8. The van der Waals surface area contributed by atoms with Crippen LogP contribution in [0.5, 0.6) is 0 Å². The van der Waals surface area contributed by atoms with Crippen LogP contribution in [0, 0.1) is 28.6 Å². The number of benzene rings is 2. The van der Waals surface area contributed by atoms with E-state index in [9.17, 15) is 14.4 Å². The van der Waals surface area contributed by atoms with Crippen molar-refractivity contribution in [3.8, 4) is 11.8 Å². The van der Waals surface area contributed by atoms with Gasteiger partial charge in [0, 0.05) is 50.4 Å². The second-order valence-electron chi connectivity index (χ2n) is 20.4. The normalized spacial score (nSPS) is 15.5. The highest BCUT2D eigenvalue weighted by molar-refractivity contribution is 5.90. The van der Waals surface area contributed by atoms with Gasteiger partial charge in [-0.15, -0.1) is 19.1 Å². The zero-order valence-electron chi connectivity index (χ0n) is 45.6. The first kappa shape index (κ1) is 63.7. The lowest BCUT2D eigenvalue weighted by Gasteiger charge is -2.36. The predicted octanol–water partition coefficient (Wildman–Crippen LogP) is 9.61. The van der Waals surface area contributed by atoms with E-state index in [4.69, 9.17) is 0 Å². The summed E-state index contributed by atoms with van der Waals surface area (Å²) in [6.45, 7) is 40.3. The second-order valence-corrected chi connectivity index (χ2v) is 20.4. The van der Waals surface area contributed by atoms with E-state index >= 15 is 0 Å². The third-order valence-corrected chi connectivity index (χ3v) is 12.3. The van der Waals surface area contributed by atoms with Crippen molar-refractivity contribution in [2.45, 2.75) is 171 Å². The molecule has 1 aliphatic rings. The zero-order valence-corrected chi connectivity index (χ0v) is 45.6. The first-order chi connectivity index (χ1) is 32.2. The number of Topliss-reactive ketones (excluding diaryl/α,β-unsaturated/α-hetero) is 1. The Kier molecular flexibility index (Phi) is 33.5. The van der Waals surface area contributed by atoms with Crippen molar-refractivity contribution in [1.29, 1.82) is 0 Å². The smallest absolute Gasteiger partial charge is 0.245 e. The van der Waals surface area contributed by atoms with Gasteiger partial charge in [0.1, 0.15) is 6.04 Å². The summed E-state index contributed by atoms with van der Waals surface area (Å²) >= 11 is 0. The average molecular weight is 942 g/mol. The lowest BCUT2D eigenvalue weighted by atomic mass is 9.82. The van der Waals surface area contributed by atoms with Crippen LogP contribution >= 0.6 is 0 Å². The maximum absolute atomic E-state index is 13.4. The zero-order chi connectivity index (χ0) is 51.7. The third kappa shape index (κ3) is 26.5.